The summed E-state index contributed by atoms with van der Waals surface area (Å²) in [5.74, 6) is 0.0209. The van der Waals surface area contributed by atoms with Crippen molar-refractivity contribution in [2.45, 2.75) is 14.4 Å². The van der Waals surface area contributed by atoms with Crippen molar-refractivity contribution in [3.05, 3.63) is 34.8 Å². The van der Waals surface area contributed by atoms with E-state index in [0.29, 0.717) is 18.0 Å². The van der Waals surface area contributed by atoms with Gasteiger partial charge >= 0.3 is 0 Å². The number of hydrogen-bond donors (Lipinski definition) is 0. The molecule has 1 heterocycles. The molecule has 0 N–H and O–H groups in total. The third kappa shape index (κ3) is 2.61. The molecule has 18 heavy (non-hydrogen) atoms. The Morgan fingerprint density at radius 3 is 2.28 bits per heavy atom. The molecule has 96 valence electrons. The summed E-state index contributed by atoms with van der Waals surface area (Å²) in [6.45, 7) is 2.47. The van der Waals surface area contributed by atoms with Gasteiger partial charge in [-0.2, -0.15) is 0 Å². The van der Waals surface area contributed by atoms with Crippen molar-refractivity contribution in [3.8, 4) is 5.75 Å². The molecular weight excluding hydrogens is 298 g/mol. The minimum absolute atomic E-state index is 0. The van der Waals surface area contributed by atoms with Gasteiger partial charge in [0.25, 0.3) is 11.8 Å². The Hall–Kier alpha value is -1.62. The summed E-state index contributed by atoms with van der Waals surface area (Å²) >= 11 is 3.05. The normalized spacial score (nSPS) is 14.3. The van der Waals surface area contributed by atoms with Gasteiger partial charge in [-0.1, -0.05) is 7.43 Å². The molecule has 0 saturated heterocycles. The summed E-state index contributed by atoms with van der Waals surface area (Å²) in [5.41, 5.74) is 0.536. The minimum Gasteiger partial charge on any atom is -0.494 e. The summed E-state index contributed by atoms with van der Waals surface area (Å²) in [4.78, 5) is 24.4. The van der Waals surface area contributed by atoms with Gasteiger partial charge < -0.3 is 4.74 Å². The number of rotatable bonds is 3. The lowest BCUT2D eigenvalue weighted by atomic mass is 10.3. The fourth-order valence-electron chi connectivity index (χ4n) is 1.54. The van der Waals surface area contributed by atoms with Crippen LogP contribution >= 0.6 is 15.9 Å². The van der Waals surface area contributed by atoms with Crippen LogP contribution in [0.5, 0.6) is 5.75 Å². The highest BCUT2D eigenvalue weighted by Crippen LogP contribution is 2.26. The Morgan fingerprint density at radius 1 is 1.22 bits per heavy atom. The number of nitrogens with zero attached hydrogens (tertiary/aromatic N) is 1. The molecule has 0 aliphatic carbocycles. The van der Waals surface area contributed by atoms with E-state index in [9.17, 15) is 9.59 Å². The predicted octanol–water partition coefficient (Wildman–Crippen LogP) is 2.87. The van der Waals surface area contributed by atoms with E-state index in [-0.39, 0.29) is 23.7 Å². The Labute approximate surface area is 114 Å². The van der Waals surface area contributed by atoms with Crippen LogP contribution in [0.1, 0.15) is 14.4 Å². The predicted molar refractivity (Wildman–Crippen MR) is 73.8 cm³/mol. The van der Waals surface area contributed by atoms with Crippen LogP contribution in [0.3, 0.4) is 0 Å². The van der Waals surface area contributed by atoms with Crippen molar-refractivity contribution in [3.63, 3.8) is 0 Å². The van der Waals surface area contributed by atoms with Crippen molar-refractivity contribution in [2.75, 3.05) is 11.5 Å². The number of ether oxygens (including phenoxy) is 1. The molecule has 0 aromatic heterocycles. The summed E-state index contributed by atoms with van der Waals surface area (Å²) < 4.78 is 5.56. The van der Waals surface area contributed by atoms with E-state index in [1.807, 2.05) is 6.92 Å². The number of halogens is 1. The second-order valence-corrected chi connectivity index (χ2v) is 4.25. The number of amides is 2. The monoisotopic (exact) mass is 311 g/mol. The van der Waals surface area contributed by atoms with E-state index in [2.05, 4.69) is 15.9 Å². The van der Waals surface area contributed by atoms with Crippen LogP contribution in [-0.2, 0) is 9.59 Å². The van der Waals surface area contributed by atoms with Gasteiger partial charge in [-0.05, 0) is 47.1 Å². The maximum atomic E-state index is 11.7. The molecule has 0 bridgehead atoms. The van der Waals surface area contributed by atoms with Gasteiger partial charge in [0.2, 0.25) is 0 Å². The van der Waals surface area contributed by atoms with E-state index in [4.69, 9.17) is 4.74 Å². The molecular formula is C13H14BrNO3. The zero-order chi connectivity index (χ0) is 12.4. The molecule has 2 rings (SSSR count). The third-order valence-corrected chi connectivity index (χ3v) is 2.85. The molecule has 5 heteroatoms. The van der Waals surface area contributed by atoms with E-state index in [1.54, 1.807) is 24.3 Å². The smallest absolute Gasteiger partial charge is 0.272 e. The molecule has 0 radical (unpaired) electrons. The fourth-order valence-corrected chi connectivity index (χ4v) is 1.92. The SMILES string of the molecule is C.CCOc1ccc(N2C(=O)C=C(Br)C2=O)cc1. The number of carbonyl (C=O) groups is 2. The Kier molecular flexibility index (Phi) is 4.67. The molecule has 2 amide bonds. The molecule has 1 aliphatic rings. The largest absolute Gasteiger partial charge is 0.494 e. The van der Waals surface area contributed by atoms with Gasteiger partial charge in [0.05, 0.1) is 16.8 Å². The lowest BCUT2D eigenvalue weighted by Gasteiger charge is -2.14. The third-order valence-electron chi connectivity index (χ3n) is 2.28. The van der Waals surface area contributed by atoms with E-state index in [1.165, 1.54) is 6.08 Å². The van der Waals surface area contributed by atoms with Gasteiger partial charge in [0, 0.05) is 6.08 Å². The fraction of sp³-hybridized carbons (Fsp3) is 0.231. The van der Waals surface area contributed by atoms with Crippen LogP contribution in [0.25, 0.3) is 0 Å². The van der Waals surface area contributed by atoms with Gasteiger partial charge in [0.1, 0.15) is 5.75 Å². The highest BCUT2D eigenvalue weighted by molar-refractivity contribution is 9.12. The van der Waals surface area contributed by atoms with E-state index in [0.717, 1.165) is 4.90 Å². The molecule has 1 aromatic carbocycles. The van der Waals surface area contributed by atoms with Crippen molar-refractivity contribution >= 4 is 33.4 Å². The zero-order valence-electron chi connectivity index (χ0n) is 9.14. The van der Waals surface area contributed by atoms with Crippen LogP contribution in [-0.4, -0.2) is 18.4 Å². The van der Waals surface area contributed by atoms with E-state index < -0.39 is 0 Å². The topological polar surface area (TPSA) is 46.6 Å². The molecule has 0 atom stereocenters. The standard InChI is InChI=1S/C12H10BrNO3.CH4/c1-2-17-9-5-3-8(4-6-9)14-11(15)7-10(13)12(14)16;/h3-7H,2H2,1H3;1H4. The van der Waals surface area contributed by atoms with E-state index >= 15 is 0 Å². The van der Waals surface area contributed by atoms with Gasteiger partial charge in [-0.3, -0.25) is 9.59 Å². The Bertz CT molecular complexity index is 493. The molecule has 0 saturated carbocycles. The maximum absolute atomic E-state index is 11.7. The molecule has 4 nitrogen and oxygen atoms in total. The van der Waals surface area contributed by atoms with Crippen LogP contribution in [0, 0.1) is 0 Å². The average molecular weight is 312 g/mol. The van der Waals surface area contributed by atoms with Crippen molar-refractivity contribution < 1.29 is 14.3 Å². The number of benzene rings is 1. The van der Waals surface area contributed by atoms with Crippen molar-refractivity contribution in [2.24, 2.45) is 0 Å². The number of carbonyl (C=O) groups excluding carboxylic acids is 2. The first-order valence-corrected chi connectivity index (χ1v) is 5.91. The van der Waals surface area contributed by atoms with Gasteiger partial charge in [-0.25, -0.2) is 4.90 Å². The van der Waals surface area contributed by atoms with Gasteiger partial charge in [-0.15, -0.1) is 0 Å². The first kappa shape index (κ1) is 14.4. The van der Waals surface area contributed by atoms with Crippen LogP contribution < -0.4 is 9.64 Å². The summed E-state index contributed by atoms with van der Waals surface area (Å²) in [5, 5.41) is 0. The van der Waals surface area contributed by atoms with Crippen molar-refractivity contribution in [1.82, 2.24) is 0 Å². The summed E-state index contributed by atoms with van der Waals surface area (Å²) in [6.07, 6.45) is 1.26. The molecule has 0 spiro atoms. The second kappa shape index (κ2) is 5.82. The Morgan fingerprint density at radius 2 is 1.83 bits per heavy atom. The molecule has 1 aromatic rings. The molecule has 0 fully saturated rings. The van der Waals surface area contributed by atoms with Crippen LogP contribution in [0.4, 0.5) is 5.69 Å². The highest BCUT2D eigenvalue weighted by atomic mass is 79.9. The van der Waals surface area contributed by atoms with Crippen LogP contribution in [0.15, 0.2) is 34.8 Å². The zero-order valence-corrected chi connectivity index (χ0v) is 10.7. The van der Waals surface area contributed by atoms with Crippen LogP contribution in [0.2, 0.25) is 0 Å². The lowest BCUT2D eigenvalue weighted by Crippen LogP contribution is -2.30. The van der Waals surface area contributed by atoms with Crippen molar-refractivity contribution in [1.29, 1.82) is 0 Å². The highest BCUT2D eigenvalue weighted by Gasteiger charge is 2.30. The van der Waals surface area contributed by atoms with Gasteiger partial charge in [0.15, 0.2) is 0 Å². The summed E-state index contributed by atoms with van der Waals surface area (Å²) in [6, 6.07) is 6.82. The average Bonchev–Trinajstić information content (AvgIpc) is 2.55. The molecule has 0 unspecified atom stereocenters. The number of imide groups is 1. The second-order valence-electron chi connectivity index (χ2n) is 3.40. The maximum Gasteiger partial charge on any atom is 0.272 e. The number of anilines is 1. The number of hydrogen-bond acceptors (Lipinski definition) is 3. The lowest BCUT2D eigenvalue weighted by molar-refractivity contribution is -0.120. The molecule has 1 aliphatic heterocycles. The quantitative estimate of drug-likeness (QED) is 0.806. The first-order chi connectivity index (χ1) is 8.13. The summed E-state index contributed by atoms with van der Waals surface area (Å²) in [7, 11) is 0. The minimum atomic E-state index is -0.348. The first-order valence-electron chi connectivity index (χ1n) is 5.12. The Balaban J connectivity index is 0.00000162.